The van der Waals surface area contributed by atoms with Gasteiger partial charge in [-0.15, -0.1) is 0 Å². The van der Waals surface area contributed by atoms with E-state index in [0.29, 0.717) is 5.56 Å². The third kappa shape index (κ3) is 3.12. The Morgan fingerprint density at radius 2 is 2.09 bits per heavy atom. The van der Waals surface area contributed by atoms with Gasteiger partial charge in [0.1, 0.15) is 0 Å². The minimum Gasteiger partial charge on any atom is -0.387 e. The molecule has 2 aromatic rings. The van der Waals surface area contributed by atoms with Crippen molar-refractivity contribution in [2.75, 3.05) is 6.54 Å². The van der Waals surface area contributed by atoms with E-state index < -0.39 is 17.9 Å². The third-order valence-corrected chi connectivity index (χ3v) is 3.87. The van der Waals surface area contributed by atoms with Gasteiger partial charge in [-0.2, -0.15) is 0 Å². The Hall–Kier alpha value is -2.34. The fraction of sp³-hybridized carbons (Fsp3) is 0.375. The highest BCUT2D eigenvalue weighted by atomic mass is 16.3. The number of hydrogen-bond donors (Lipinski definition) is 3. The number of aliphatic hydroxyl groups is 1. The molecule has 1 aliphatic carbocycles. The van der Waals surface area contributed by atoms with E-state index in [0.717, 1.165) is 23.7 Å². The van der Waals surface area contributed by atoms with Crippen molar-refractivity contribution >= 4 is 22.7 Å². The van der Waals surface area contributed by atoms with Crippen LogP contribution in [0.25, 0.3) is 10.9 Å². The summed E-state index contributed by atoms with van der Waals surface area (Å²) >= 11 is 0. The lowest BCUT2D eigenvalue weighted by molar-refractivity contribution is -0.139. The number of nitrogens with zero attached hydrogens (tertiary/aromatic N) is 1. The lowest BCUT2D eigenvalue weighted by Gasteiger charge is -2.12. The number of aryl methyl sites for hydroxylation is 1. The minimum atomic E-state index is -0.845. The molecule has 0 bridgehead atoms. The zero-order valence-electron chi connectivity index (χ0n) is 12.4. The maximum absolute atomic E-state index is 11.6. The number of rotatable bonds is 4. The number of aliphatic hydroxyl groups excluding tert-OH is 1. The van der Waals surface area contributed by atoms with E-state index >= 15 is 0 Å². The van der Waals surface area contributed by atoms with E-state index in [-0.39, 0.29) is 12.6 Å². The molecule has 3 N–H and O–H groups in total. The van der Waals surface area contributed by atoms with Gasteiger partial charge in [-0.25, -0.2) is 0 Å². The van der Waals surface area contributed by atoms with Crippen molar-refractivity contribution < 1.29 is 14.7 Å². The molecular weight excluding hydrogens is 282 g/mol. The van der Waals surface area contributed by atoms with Gasteiger partial charge in [-0.3, -0.25) is 9.59 Å². The van der Waals surface area contributed by atoms with Gasteiger partial charge >= 0.3 is 11.8 Å². The second kappa shape index (κ2) is 5.81. The molecule has 0 radical (unpaired) electrons. The molecule has 6 nitrogen and oxygen atoms in total. The maximum atomic E-state index is 11.6. The number of amides is 2. The van der Waals surface area contributed by atoms with Gasteiger partial charge in [-0.1, -0.05) is 6.07 Å². The standard InChI is InChI=1S/C16H19N3O3/c1-19-7-6-10-8-11(2-5-13(10)19)14(20)9-17-15(21)16(22)18-12-3-4-12/h2,5-8,12,14,20H,3-4,9H2,1H3,(H,17,21)(H,18,22). The largest absolute Gasteiger partial charge is 0.387 e. The van der Waals surface area contributed by atoms with E-state index in [9.17, 15) is 14.7 Å². The average molecular weight is 301 g/mol. The molecule has 0 spiro atoms. The summed E-state index contributed by atoms with van der Waals surface area (Å²) in [6.07, 6.45) is 2.96. The van der Waals surface area contributed by atoms with Gasteiger partial charge in [-0.05, 0) is 42.0 Å². The van der Waals surface area contributed by atoms with E-state index in [4.69, 9.17) is 0 Å². The number of carbonyl (C=O) groups is 2. The molecule has 22 heavy (non-hydrogen) atoms. The molecular formula is C16H19N3O3. The average Bonchev–Trinajstić information content (AvgIpc) is 3.26. The summed E-state index contributed by atoms with van der Waals surface area (Å²) in [5, 5.41) is 16.3. The highest BCUT2D eigenvalue weighted by Gasteiger charge is 2.26. The van der Waals surface area contributed by atoms with Gasteiger partial charge in [0.25, 0.3) is 0 Å². The zero-order chi connectivity index (χ0) is 15.7. The molecule has 1 aromatic carbocycles. The summed E-state index contributed by atoms with van der Waals surface area (Å²) in [6, 6.07) is 7.74. The molecule has 3 rings (SSSR count). The van der Waals surface area contributed by atoms with Crippen LogP contribution in [0, 0.1) is 0 Å². The maximum Gasteiger partial charge on any atom is 0.309 e. The second-order valence-corrected chi connectivity index (χ2v) is 5.72. The third-order valence-electron chi connectivity index (χ3n) is 3.87. The van der Waals surface area contributed by atoms with Crippen LogP contribution in [0.3, 0.4) is 0 Å². The summed E-state index contributed by atoms with van der Waals surface area (Å²) in [4.78, 5) is 23.1. The smallest absolute Gasteiger partial charge is 0.309 e. The van der Waals surface area contributed by atoms with Crippen molar-refractivity contribution in [1.29, 1.82) is 0 Å². The number of hydrogen-bond acceptors (Lipinski definition) is 3. The van der Waals surface area contributed by atoms with Crippen molar-refractivity contribution in [3.63, 3.8) is 0 Å². The van der Waals surface area contributed by atoms with Crippen molar-refractivity contribution in [3.05, 3.63) is 36.0 Å². The van der Waals surface area contributed by atoms with Gasteiger partial charge < -0.3 is 20.3 Å². The molecule has 1 unspecified atom stereocenters. The normalized spacial score (nSPS) is 15.5. The summed E-state index contributed by atoms with van der Waals surface area (Å²) in [5.41, 5.74) is 1.78. The highest BCUT2D eigenvalue weighted by Crippen LogP contribution is 2.21. The molecule has 1 aliphatic rings. The van der Waals surface area contributed by atoms with Crippen LogP contribution in [-0.4, -0.2) is 34.1 Å². The van der Waals surface area contributed by atoms with Gasteiger partial charge in [0, 0.05) is 31.3 Å². The monoisotopic (exact) mass is 301 g/mol. The molecule has 1 atom stereocenters. The first-order valence-corrected chi connectivity index (χ1v) is 7.36. The Balaban J connectivity index is 1.58. The fourth-order valence-electron chi connectivity index (χ4n) is 2.37. The molecule has 6 heteroatoms. The molecule has 0 saturated heterocycles. The van der Waals surface area contributed by atoms with Crippen LogP contribution in [0.4, 0.5) is 0 Å². The Labute approximate surface area is 128 Å². The van der Waals surface area contributed by atoms with Crippen LogP contribution in [0.1, 0.15) is 24.5 Å². The van der Waals surface area contributed by atoms with E-state index in [2.05, 4.69) is 10.6 Å². The highest BCUT2D eigenvalue weighted by molar-refractivity contribution is 6.35. The van der Waals surface area contributed by atoms with Crippen LogP contribution in [0.5, 0.6) is 0 Å². The van der Waals surface area contributed by atoms with Gasteiger partial charge in [0.15, 0.2) is 0 Å². The zero-order valence-corrected chi connectivity index (χ0v) is 12.4. The van der Waals surface area contributed by atoms with Crippen molar-refractivity contribution in [2.45, 2.75) is 25.0 Å². The first kappa shape index (κ1) is 14.6. The van der Waals surface area contributed by atoms with Crippen LogP contribution in [0.2, 0.25) is 0 Å². The summed E-state index contributed by atoms with van der Waals surface area (Å²) in [6.45, 7) is 0.00919. The Morgan fingerprint density at radius 3 is 2.82 bits per heavy atom. The fourth-order valence-corrected chi connectivity index (χ4v) is 2.37. The number of carbonyl (C=O) groups excluding carboxylic acids is 2. The lowest BCUT2D eigenvalue weighted by atomic mass is 10.1. The Bertz CT molecular complexity index is 718. The first-order chi connectivity index (χ1) is 10.5. The second-order valence-electron chi connectivity index (χ2n) is 5.72. The van der Waals surface area contributed by atoms with Crippen LogP contribution < -0.4 is 10.6 Å². The van der Waals surface area contributed by atoms with Gasteiger partial charge in [0.2, 0.25) is 0 Å². The van der Waals surface area contributed by atoms with Gasteiger partial charge in [0.05, 0.1) is 6.10 Å². The summed E-state index contributed by atoms with van der Waals surface area (Å²) in [5.74, 6) is -1.33. The molecule has 0 aliphatic heterocycles. The predicted octanol–water partition coefficient (Wildman–Crippen LogP) is 0.606. The number of nitrogens with one attached hydrogen (secondary N) is 2. The van der Waals surface area contributed by atoms with E-state index in [1.807, 2.05) is 42.1 Å². The Morgan fingerprint density at radius 1 is 1.32 bits per heavy atom. The first-order valence-electron chi connectivity index (χ1n) is 7.36. The molecule has 1 aromatic heterocycles. The Kier molecular flexibility index (Phi) is 3.85. The predicted molar refractivity (Wildman–Crippen MR) is 82.1 cm³/mol. The van der Waals surface area contributed by atoms with E-state index in [1.54, 1.807) is 0 Å². The van der Waals surface area contributed by atoms with Crippen molar-refractivity contribution in [3.8, 4) is 0 Å². The van der Waals surface area contributed by atoms with Crippen molar-refractivity contribution in [1.82, 2.24) is 15.2 Å². The van der Waals surface area contributed by atoms with Crippen LogP contribution in [0.15, 0.2) is 30.5 Å². The number of aromatic nitrogens is 1. The minimum absolute atomic E-state index is 0.00919. The van der Waals surface area contributed by atoms with Crippen LogP contribution >= 0.6 is 0 Å². The summed E-state index contributed by atoms with van der Waals surface area (Å²) < 4.78 is 2.00. The van der Waals surface area contributed by atoms with Crippen molar-refractivity contribution in [2.24, 2.45) is 7.05 Å². The molecule has 1 heterocycles. The van der Waals surface area contributed by atoms with Crippen LogP contribution in [-0.2, 0) is 16.6 Å². The lowest BCUT2D eigenvalue weighted by Crippen LogP contribution is -2.42. The van der Waals surface area contributed by atoms with E-state index in [1.165, 1.54) is 0 Å². The topological polar surface area (TPSA) is 83.4 Å². The quantitative estimate of drug-likeness (QED) is 0.723. The number of benzene rings is 1. The molecule has 1 fully saturated rings. The number of fused-ring (bicyclic) bond motifs is 1. The SMILES string of the molecule is Cn1ccc2cc(C(O)CNC(=O)C(=O)NC3CC3)ccc21. The molecule has 1 saturated carbocycles. The summed E-state index contributed by atoms with van der Waals surface area (Å²) in [7, 11) is 1.96. The molecule has 116 valence electrons. The molecule has 2 amide bonds.